The highest BCUT2D eigenvalue weighted by Crippen LogP contribution is 2.43. The Kier molecular flexibility index (Phi) is 6.55. The van der Waals surface area contributed by atoms with Gasteiger partial charge < -0.3 is 29.6 Å². The Hall–Kier alpha value is -4.73. The fourth-order valence-electron chi connectivity index (χ4n) is 4.30. The fraction of sp³-hybridized carbons (Fsp3) is 0.222. The topological polar surface area (TPSA) is 131 Å². The summed E-state index contributed by atoms with van der Waals surface area (Å²) in [4.78, 5) is 0. The van der Waals surface area contributed by atoms with Crippen LogP contribution >= 0.6 is 0 Å². The van der Waals surface area contributed by atoms with Crippen LogP contribution < -0.4 is 14.2 Å². The Morgan fingerprint density at radius 3 is 2.70 bits per heavy atom. The van der Waals surface area contributed by atoms with Crippen molar-refractivity contribution in [2.45, 2.75) is 32.6 Å². The maximum Gasteiger partial charge on any atom is 0.160 e. The lowest BCUT2D eigenvalue weighted by Gasteiger charge is -2.28. The van der Waals surface area contributed by atoms with E-state index in [1.165, 1.54) is 24.8 Å². The van der Waals surface area contributed by atoms with Crippen molar-refractivity contribution in [2.75, 3.05) is 7.11 Å². The highest BCUT2D eigenvalue weighted by Gasteiger charge is 2.30. The highest BCUT2D eigenvalue weighted by atomic mass is 16.5. The molecule has 37 heavy (non-hydrogen) atoms. The highest BCUT2D eigenvalue weighted by molar-refractivity contribution is 6.06. The summed E-state index contributed by atoms with van der Waals surface area (Å²) in [7, 11) is 1.47. The SMILES string of the molecule is COc1ccc([C@@H]2C/C(=N\O)c3c(O)cc(OCc4cn(Cc5ccccc5C)nn4)cc3O2)cc1O. The van der Waals surface area contributed by atoms with Crippen molar-refractivity contribution in [1.29, 1.82) is 0 Å². The summed E-state index contributed by atoms with van der Waals surface area (Å²) in [5, 5.41) is 42.2. The van der Waals surface area contributed by atoms with Gasteiger partial charge in [-0.3, -0.25) is 0 Å². The number of hydrogen-bond acceptors (Lipinski definition) is 9. The number of ether oxygens (including phenoxy) is 3. The third-order valence-corrected chi connectivity index (χ3v) is 6.25. The summed E-state index contributed by atoms with van der Waals surface area (Å²) in [6, 6.07) is 16.1. The van der Waals surface area contributed by atoms with Gasteiger partial charge in [-0.25, -0.2) is 4.68 Å². The molecule has 3 aromatic carbocycles. The summed E-state index contributed by atoms with van der Waals surface area (Å²) in [5.41, 5.74) is 4.14. The molecule has 0 saturated heterocycles. The molecule has 0 unspecified atom stereocenters. The van der Waals surface area contributed by atoms with Gasteiger partial charge in [0, 0.05) is 18.6 Å². The molecule has 0 amide bonds. The van der Waals surface area contributed by atoms with Crippen LogP contribution in [0.25, 0.3) is 0 Å². The van der Waals surface area contributed by atoms with E-state index in [1.54, 1.807) is 22.9 Å². The van der Waals surface area contributed by atoms with E-state index in [9.17, 15) is 15.4 Å². The first-order valence-electron chi connectivity index (χ1n) is 11.6. The van der Waals surface area contributed by atoms with Crippen molar-refractivity contribution < 1.29 is 29.6 Å². The Bertz CT molecular complexity index is 1470. The van der Waals surface area contributed by atoms with Gasteiger partial charge in [0.2, 0.25) is 0 Å². The van der Waals surface area contributed by atoms with E-state index in [2.05, 4.69) is 28.5 Å². The van der Waals surface area contributed by atoms with E-state index in [0.717, 1.165) is 5.56 Å². The molecule has 5 rings (SSSR count). The summed E-state index contributed by atoms with van der Waals surface area (Å²) < 4.78 is 18.8. The average Bonchev–Trinajstić information content (AvgIpc) is 3.35. The zero-order valence-electron chi connectivity index (χ0n) is 20.3. The lowest BCUT2D eigenvalue weighted by Crippen LogP contribution is -2.21. The van der Waals surface area contributed by atoms with Crippen molar-refractivity contribution in [2.24, 2.45) is 5.16 Å². The zero-order chi connectivity index (χ0) is 25.9. The van der Waals surface area contributed by atoms with Crippen molar-refractivity contribution in [3.8, 4) is 28.7 Å². The molecule has 0 fully saturated rings. The van der Waals surface area contributed by atoms with Crippen LogP contribution in [0, 0.1) is 6.92 Å². The quantitative estimate of drug-likeness (QED) is 0.251. The number of phenols is 2. The molecule has 4 aromatic rings. The van der Waals surface area contributed by atoms with Gasteiger partial charge in [-0.05, 0) is 35.7 Å². The minimum atomic E-state index is -0.564. The molecule has 2 heterocycles. The average molecular weight is 503 g/mol. The zero-order valence-corrected chi connectivity index (χ0v) is 20.3. The third kappa shape index (κ3) is 4.99. The normalized spacial score (nSPS) is 15.7. The van der Waals surface area contributed by atoms with E-state index in [4.69, 9.17) is 14.2 Å². The number of fused-ring (bicyclic) bond motifs is 1. The van der Waals surface area contributed by atoms with E-state index in [-0.39, 0.29) is 41.6 Å². The van der Waals surface area contributed by atoms with Gasteiger partial charge in [0.05, 0.1) is 31.1 Å². The molecule has 0 saturated carbocycles. The molecule has 0 bridgehead atoms. The molecular formula is C27H26N4O6. The number of aromatic nitrogens is 3. The van der Waals surface area contributed by atoms with Gasteiger partial charge >= 0.3 is 0 Å². The van der Waals surface area contributed by atoms with Crippen LogP contribution in [0.2, 0.25) is 0 Å². The first kappa shape index (κ1) is 24.0. The Balaban J connectivity index is 1.33. The number of aryl methyl sites for hydroxylation is 1. The number of hydrogen-bond donors (Lipinski definition) is 3. The van der Waals surface area contributed by atoms with E-state index < -0.39 is 6.10 Å². The van der Waals surface area contributed by atoms with Crippen molar-refractivity contribution in [3.05, 3.63) is 88.7 Å². The van der Waals surface area contributed by atoms with Crippen LogP contribution in [0.3, 0.4) is 0 Å². The predicted octanol–water partition coefficient (Wildman–Crippen LogP) is 4.34. The molecule has 0 radical (unpaired) electrons. The lowest BCUT2D eigenvalue weighted by molar-refractivity contribution is 0.199. The van der Waals surface area contributed by atoms with Crippen LogP contribution in [-0.4, -0.2) is 43.2 Å². The number of nitrogens with zero attached hydrogens (tertiary/aromatic N) is 4. The maximum atomic E-state index is 10.7. The van der Waals surface area contributed by atoms with Crippen molar-refractivity contribution in [1.82, 2.24) is 15.0 Å². The standard InChI is InChI=1S/C27H26N4O6/c1-16-5-3-4-6-18(16)13-31-14-19(28-30-31)15-36-20-10-23(33)27-21(29-34)12-25(37-26(27)11-20)17-7-8-24(35-2)22(32)9-17/h3-11,14,25,32-34H,12-13,15H2,1-2H3/b29-21+/t25-/m0/s1. The van der Waals surface area contributed by atoms with Crippen LogP contribution in [-0.2, 0) is 13.2 Å². The molecule has 1 aromatic heterocycles. The largest absolute Gasteiger partial charge is 0.507 e. The van der Waals surface area contributed by atoms with Crippen LogP contribution in [0.1, 0.15) is 40.5 Å². The molecule has 190 valence electrons. The molecule has 0 aliphatic carbocycles. The minimum absolute atomic E-state index is 0.0349. The third-order valence-electron chi connectivity index (χ3n) is 6.25. The Morgan fingerprint density at radius 2 is 1.95 bits per heavy atom. The van der Waals surface area contributed by atoms with Gasteiger partial charge in [-0.1, -0.05) is 40.7 Å². The monoisotopic (exact) mass is 502 g/mol. The summed E-state index contributed by atoms with van der Waals surface area (Å²) in [6.07, 6.45) is 1.43. The number of oxime groups is 1. The molecular weight excluding hydrogens is 476 g/mol. The molecule has 0 spiro atoms. The van der Waals surface area contributed by atoms with Gasteiger partial charge in [0.15, 0.2) is 11.5 Å². The maximum absolute atomic E-state index is 10.7. The second kappa shape index (κ2) is 10.1. The summed E-state index contributed by atoms with van der Waals surface area (Å²) in [5.74, 6) is 0.796. The van der Waals surface area contributed by atoms with Gasteiger partial charge in [-0.15, -0.1) is 5.10 Å². The molecule has 10 nitrogen and oxygen atoms in total. The van der Waals surface area contributed by atoms with Crippen molar-refractivity contribution in [3.63, 3.8) is 0 Å². The van der Waals surface area contributed by atoms with Crippen LogP contribution in [0.4, 0.5) is 0 Å². The first-order valence-corrected chi connectivity index (χ1v) is 11.6. The van der Waals surface area contributed by atoms with E-state index >= 15 is 0 Å². The van der Waals surface area contributed by atoms with Gasteiger partial charge in [0.25, 0.3) is 0 Å². The Labute approximate surface area is 213 Å². The molecule has 3 N–H and O–H groups in total. The lowest BCUT2D eigenvalue weighted by atomic mass is 9.94. The number of phenolic OH excluding ortho intramolecular Hbond substituents is 2. The predicted molar refractivity (Wildman–Crippen MR) is 134 cm³/mol. The summed E-state index contributed by atoms with van der Waals surface area (Å²) in [6.45, 7) is 2.77. The van der Waals surface area contributed by atoms with E-state index in [0.29, 0.717) is 29.3 Å². The second-order valence-electron chi connectivity index (χ2n) is 8.73. The van der Waals surface area contributed by atoms with Gasteiger partial charge in [0.1, 0.15) is 35.7 Å². The van der Waals surface area contributed by atoms with E-state index in [1.807, 2.05) is 24.4 Å². The second-order valence-corrected chi connectivity index (χ2v) is 8.73. The smallest absolute Gasteiger partial charge is 0.160 e. The molecule has 1 aliphatic rings. The van der Waals surface area contributed by atoms with Crippen LogP contribution in [0.15, 0.2) is 65.9 Å². The summed E-state index contributed by atoms with van der Waals surface area (Å²) >= 11 is 0. The number of aromatic hydroxyl groups is 2. The fourth-order valence-corrected chi connectivity index (χ4v) is 4.30. The molecule has 1 atom stereocenters. The number of benzene rings is 3. The molecule has 1 aliphatic heterocycles. The van der Waals surface area contributed by atoms with Crippen LogP contribution in [0.5, 0.6) is 28.7 Å². The number of methoxy groups -OCH3 is 1. The molecule has 10 heteroatoms. The number of rotatable bonds is 7. The Morgan fingerprint density at radius 1 is 1.11 bits per heavy atom. The van der Waals surface area contributed by atoms with Crippen molar-refractivity contribution >= 4 is 5.71 Å². The first-order chi connectivity index (χ1) is 17.9. The minimum Gasteiger partial charge on any atom is -0.507 e. The van der Waals surface area contributed by atoms with Gasteiger partial charge in [-0.2, -0.15) is 0 Å².